The Balaban J connectivity index is 2.57. The van der Waals surface area contributed by atoms with Crippen LogP contribution >= 0.6 is 11.8 Å². The van der Waals surface area contributed by atoms with Crippen LogP contribution in [-0.2, 0) is 4.79 Å². The number of carbonyl (C=O) groups is 1. The molecule has 3 nitrogen and oxygen atoms in total. The Hall–Kier alpha value is -0.510. The van der Waals surface area contributed by atoms with Crippen molar-refractivity contribution in [3.8, 4) is 0 Å². The standard InChI is InChI=1S/C4H5NO2S/c6-4(7)3-5-1-2-8-3/h1-2H2,(H,6,7)/p+1. The molecule has 1 aliphatic heterocycles. The summed E-state index contributed by atoms with van der Waals surface area (Å²) in [6, 6.07) is 0. The van der Waals surface area contributed by atoms with Crippen molar-refractivity contribution in [2.75, 3.05) is 12.3 Å². The summed E-state index contributed by atoms with van der Waals surface area (Å²) in [5.74, 6) is 0.0363. The number of carboxylic acids is 1. The minimum Gasteiger partial charge on any atom is -0.473 e. The lowest BCUT2D eigenvalue weighted by molar-refractivity contribution is -0.443. The van der Waals surface area contributed by atoms with Gasteiger partial charge < -0.3 is 5.11 Å². The van der Waals surface area contributed by atoms with Gasteiger partial charge >= 0.3 is 11.0 Å². The maximum atomic E-state index is 10.1. The Kier molecular flexibility index (Phi) is 1.53. The van der Waals surface area contributed by atoms with E-state index in [9.17, 15) is 4.79 Å². The fourth-order valence-corrected chi connectivity index (χ4v) is 1.24. The summed E-state index contributed by atoms with van der Waals surface area (Å²) >= 11 is 1.36. The number of thioether (sulfide) groups is 1. The summed E-state index contributed by atoms with van der Waals surface area (Å²) in [5, 5.41) is 8.67. The fraction of sp³-hybridized carbons (Fsp3) is 0.500. The lowest BCUT2D eigenvalue weighted by Crippen LogP contribution is -2.71. The molecule has 0 fully saturated rings. The lowest BCUT2D eigenvalue weighted by atomic mass is 10.7. The first-order chi connectivity index (χ1) is 3.80. The van der Waals surface area contributed by atoms with Gasteiger partial charge in [0.2, 0.25) is 0 Å². The van der Waals surface area contributed by atoms with Gasteiger partial charge in [-0.2, -0.15) is 0 Å². The summed E-state index contributed by atoms with van der Waals surface area (Å²) in [7, 11) is 0. The molecule has 2 N–H and O–H groups in total. The summed E-state index contributed by atoms with van der Waals surface area (Å²) < 4.78 is 0. The highest BCUT2D eigenvalue weighted by Gasteiger charge is 2.21. The summed E-state index contributed by atoms with van der Waals surface area (Å²) in [6.45, 7) is 0.784. The summed E-state index contributed by atoms with van der Waals surface area (Å²) in [6.07, 6.45) is 0. The predicted octanol–water partition coefficient (Wildman–Crippen LogP) is -1.70. The van der Waals surface area contributed by atoms with Crippen molar-refractivity contribution in [2.45, 2.75) is 0 Å². The maximum absolute atomic E-state index is 10.1. The second-order valence-electron chi connectivity index (χ2n) is 1.41. The molecule has 0 spiro atoms. The van der Waals surface area contributed by atoms with Crippen LogP contribution in [0.25, 0.3) is 0 Å². The molecule has 0 aromatic rings. The largest absolute Gasteiger partial charge is 0.473 e. The second-order valence-corrected chi connectivity index (χ2v) is 2.51. The van der Waals surface area contributed by atoms with Crippen molar-refractivity contribution in [1.29, 1.82) is 0 Å². The average molecular weight is 132 g/mol. The molecule has 0 aromatic carbocycles. The molecule has 44 valence electrons. The SMILES string of the molecule is O=C(O)C1=[NH+]CCS1. The van der Waals surface area contributed by atoms with Crippen LogP contribution in [-0.4, -0.2) is 28.4 Å². The van der Waals surface area contributed by atoms with E-state index in [2.05, 4.69) is 4.99 Å². The normalized spacial score (nSPS) is 18.2. The van der Waals surface area contributed by atoms with E-state index in [1.807, 2.05) is 0 Å². The van der Waals surface area contributed by atoms with Gasteiger partial charge in [0, 0.05) is 0 Å². The van der Waals surface area contributed by atoms with Crippen molar-refractivity contribution in [2.24, 2.45) is 0 Å². The molecule has 0 saturated heterocycles. The molecule has 0 aromatic heterocycles. The van der Waals surface area contributed by atoms with Gasteiger partial charge in [-0.3, -0.25) is 0 Å². The number of aliphatic carboxylic acids is 1. The Morgan fingerprint density at radius 3 is 2.88 bits per heavy atom. The van der Waals surface area contributed by atoms with Gasteiger partial charge in [0.15, 0.2) is 6.54 Å². The van der Waals surface area contributed by atoms with Crippen molar-refractivity contribution in [3.05, 3.63) is 0 Å². The number of hydrogen-bond acceptors (Lipinski definition) is 2. The van der Waals surface area contributed by atoms with Crippen LogP contribution < -0.4 is 4.99 Å². The number of hydrogen-bond donors (Lipinski definition) is 2. The molecule has 0 atom stereocenters. The molecular weight excluding hydrogens is 126 g/mol. The van der Waals surface area contributed by atoms with Crippen LogP contribution in [0.5, 0.6) is 0 Å². The minimum atomic E-state index is -0.840. The van der Waals surface area contributed by atoms with E-state index >= 15 is 0 Å². The van der Waals surface area contributed by atoms with E-state index in [-0.39, 0.29) is 0 Å². The van der Waals surface area contributed by atoms with Gasteiger partial charge in [0.05, 0.1) is 5.75 Å². The Morgan fingerprint density at radius 2 is 2.62 bits per heavy atom. The molecule has 0 radical (unpaired) electrons. The van der Waals surface area contributed by atoms with Crippen molar-refractivity contribution in [3.63, 3.8) is 0 Å². The smallest absolute Gasteiger partial charge is 0.408 e. The van der Waals surface area contributed by atoms with E-state index in [0.29, 0.717) is 5.04 Å². The first-order valence-electron chi connectivity index (χ1n) is 2.27. The minimum absolute atomic E-state index is 0.380. The van der Waals surface area contributed by atoms with Crippen LogP contribution in [0.1, 0.15) is 0 Å². The van der Waals surface area contributed by atoms with Crippen LogP contribution in [0.4, 0.5) is 0 Å². The number of carboxylic acid groups (broad SMARTS) is 1. The van der Waals surface area contributed by atoms with Gasteiger partial charge in [-0.25, -0.2) is 9.79 Å². The van der Waals surface area contributed by atoms with Gasteiger partial charge in [-0.05, 0) is 11.8 Å². The molecule has 0 bridgehead atoms. The predicted molar refractivity (Wildman–Crippen MR) is 30.9 cm³/mol. The third-order valence-corrected chi connectivity index (χ3v) is 1.84. The molecule has 0 aliphatic carbocycles. The first-order valence-corrected chi connectivity index (χ1v) is 3.26. The quantitative estimate of drug-likeness (QED) is 0.447. The fourth-order valence-electron chi connectivity index (χ4n) is 0.506. The summed E-state index contributed by atoms with van der Waals surface area (Å²) in [4.78, 5) is 12.8. The lowest BCUT2D eigenvalue weighted by Gasteiger charge is -1.77. The van der Waals surface area contributed by atoms with E-state index in [0.717, 1.165) is 12.3 Å². The highest BCUT2D eigenvalue weighted by molar-refractivity contribution is 8.15. The molecule has 0 saturated carbocycles. The molecule has 1 heterocycles. The van der Waals surface area contributed by atoms with Crippen molar-refractivity contribution >= 4 is 22.8 Å². The van der Waals surface area contributed by atoms with E-state index in [4.69, 9.17) is 5.11 Å². The van der Waals surface area contributed by atoms with Gasteiger partial charge in [-0.15, -0.1) is 0 Å². The summed E-state index contributed by atoms with van der Waals surface area (Å²) in [5.41, 5.74) is 0. The monoisotopic (exact) mass is 132 g/mol. The van der Waals surface area contributed by atoms with Crippen molar-refractivity contribution < 1.29 is 14.9 Å². The van der Waals surface area contributed by atoms with Gasteiger partial charge in [0.25, 0.3) is 0 Å². The molecule has 4 heteroatoms. The number of nitrogens with one attached hydrogen (secondary N) is 1. The van der Waals surface area contributed by atoms with Crippen molar-refractivity contribution in [1.82, 2.24) is 0 Å². The first kappa shape index (κ1) is 5.62. The van der Waals surface area contributed by atoms with E-state index < -0.39 is 5.97 Å². The Bertz CT molecular complexity index is 143. The highest BCUT2D eigenvalue weighted by Crippen LogP contribution is 1.99. The van der Waals surface area contributed by atoms with Gasteiger partial charge in [0.1, 0.15) is 0 Å². The van der Waals surface area contributed by atoms with E-state index in [1.165, 1.54) is 11.8 Å². The molecule has 8 heavy (non-hydrogen) atoms. The van der Waals surface area contributed by atoms with E-state index in [1.54, 1.807) is 0 Å². The zero-order chi connectivity index (χ0) is 5.98. The van der Waals surface area contributed by atoms with Crippen LogP contribution in [0, 0.1) is 0 Å². The van der Waals surface area contributed by atoms with Gasteiger partial charge in [-0.1, -0.05) is 0 Å². The second kappa shape index (κ2) is 2.17. The average Bonchev–Trinajstić information content (AvgIpc) is 2.12. The molecule has 1 aliphatic rings. The molecule has 0 unspecified atom stereocenters. The third kappa shape index (κ3) is 1.01. The molecule has 1 rings (SSSR count). The van der Waals surface area contributed by atoms with Crippen LogP contribution in [0.15, 0.2) is 0 Å². The maximum Gasteiger partial charge on any atom is 0.408 e. The third-order valence-electron chi connectivity index (χ3n) is 0.828. The zero-order valence-electron chi connectivity index (χ0n) is 4.18. The Labute approximate surface area is 50.8 Å². The van der Waals surface area contributed by atoms with Crippen LogP contribution in [0.2, 0.25) is 0 Å². The molecular formula is C4H6NO2S+. The zero-order valence-corrected chi connectivity index (χ0v) is 4.99. The van der Waals surface area contributed by atoms with Crippen LogP contribution in [0.3, 0.4) is 0 Å². The molecule has 0 amide bonds. The highest BCUT2D eigenvalue weighted by atomic mass is 32.2. The topological polar surface area (TPSA) is 51.3 Å². The number of rotatable bonds is 1. The Morgan fingerprint density at radius 1 is 1.88 bits per heavy atom.